The monoisotopic (exact) mass is 514 g/mol. The highest BCUT2D eigenvalue weighted by atomic mass is 127. The molecule has 1 rings (SSSR count). The van der Waals surface area contributed by atoms with Gasteiger partial charge in [0.15, 0.2) is 5.96 Å². The zero-order valence-electron chi connectivity index (χ0n) is 17.5. The van der Waals surface area contributed by atoms with Gasteiger partial charge in [-0.1, -0.05) is 0 Å². The number of nitrogens with one attached hydrogen (secondary N) is 2. The van der Waals surface area contributed by atoms with Gasteiger partial charge in [0, 0.05) is 50.4 Å². The molecule has 0 bridgehead atoms. The van der Waals surface area contributed by atoms with Gasteiger partial charge in [-0.05, 0) is 39.8 Å². The second kappa shape index (κ2) is 13.8. The molecular formula is C19H33F2IN4O2. The van der Waals surface area contributed by atoms with Crippen LogP contribution in [0.5, 0.6) is 11.5 Å². The van der Waals surface area contributed by atoms with Crippen LogP contribution >= 0.6 is 24.0 Å². The maximum Gasteiger partial charge on any atom is 0.387 e. The zero-order chi connectivity index (χ0) is 20.4. The van der Waals surface area contributed by atoms with Crippen LogP contribution in [0.2, 0.25) is 0 Å². The molecule has 2 N–H and O–H groups in total. The van der Waals surface area contributed by atoms with E-state index in [1.807, 2.05) is 0 Å². The van der Waals surface area contributed by atoms with Crippen LogP contribution in [0.4, 0.5) is 8.78 Å². The van der Waals surface area contributed by atoms with E-state index < -0.39 is 6.61 Å². The van der Waals surface area contributed by atoms with Crippen molar-refractivity contribution in [3.05, 3.63) is 23.8 Å². The molecule has 0 saturated carbocycles. The Morgan fingerprint density at radius 3 is 2.29 bits per heavy atom. The van der Waals surface area contributed by atoms with Gasteiger partial charge < -0.3 is 20.1 Å². The highest BCUT2D eigenvalue weighted by molar-refractivity contribution is 14.0. The van der Waals surface area contributed by atoms with Crippen LogP contribution in [0.1, 0.15) is 33.3 Å². The first-order valence-electron chi connectivity index (χ1n) is 9.10. The minimum atomic E-state index is -2.90. The Labute approximate surface area is 184 Å². The summed E-state index contributed by atoms with van der Waals surface area (Å²) in [6.07, 6.45) is 0. The van der Waals surface area contributed by atoms with Crippen molar-refractivity contribution in [1.82, 2.24) is 15.5 Å². The largest absolute Gasteiger partial charge is 0.497 e. The lowest BCUT2D eigenvalue weighted by Crippen LogP contribution is -2.45. The highest BCUT2D eigenvalue weighted by Gasteiger charge is 2.14. The molecule has 0 aliphatic rings. The third-order valence-electron chi connectivity index (χ3n) is 4.15. The Kier molecular flexibility index (Phi) is 13.1. The fourth-order valence-electron chi connectivity index (χ4n) is 2.83. The second-order valence-electron chi connectivity index (χ2n) is 6.63. The highest BCUT2D eigenvalue weighted by Crippen LogP contribution is 2.26. The average Bonchev–Trinajstić information content (AvgIpc) is 2.60. The molecule has 1 aromatic carbocycles. The van der Waals surface area contributed by atoms with Crippen molar-refractivity contribution >= 4 is 29.9 Å². The third kappa shape index (κ3) is 9.22. The van der Waals surface area contributed by atoms with Crippen LogP contribution in [0.3, 0.4) is 0 Å². The number of halogens is 3. The second-order valence-corrected chi connectivity index (χ2v) is 6.63. The normalized spacial score (nSPS) is 11.8. The fraction of sp³-hybridized carbons (Fsp3) is 0.632. The van der Waals surface area contributed by atoms with Crippen LogP contribution in [0, 0.1) is 0 Å². The molecule has 0 aliphatic carbocycles. The van der Waals surface area contributed by atoms with E-state index in [9.17, 15) is 8.78 Å². The molecule has 0 amide bonds. The predicted molar refractivity (Wildman–Crippen MR) is 120 cm³/mol. The molecule has 0 aliphatic heterocycles. The van der Waals surface area contributed by atoms with E-state index >= 15 is 0 Å². The smallest absolute Gasteiger partial charge is 0.387 e. The van der Waals surface area contributed by atoms with E-state index in [0.717, 1.165) is 13.1 Å². The summed E-state index contributed by atoms with van der Waals surface area (Å²) in [6.45, 7) is 7.66. The Bertz CT molecular complexity index is 593. The van der Waals surface area contributed by atoms with Crippen molar-refractivity contribution in [2.45, 2.75) is 52.9 Å². The number of benzene rings is 1. The van der Waals surface area contributed by atoms with E-state index in [0.29, 0.717) is 35.9 Å². The Balaban J connectivity index is 0.00000729. The Morgan fingerprint density at radius 1 is 1.14 bits per heavy atom. The molecule has 0 saturated heterocycles. The molecule has 0 aromatic heterocycles. The predicted octanol–water partition coefficient (Wildman–Crippen LogP) is 3.70. The molecule has 9 heteroatoms. The van der Waals surface area contributed by atoms with Gasteiger partial charge in [0.25, 0.3) is 0 Å². The summed E-state index contributed by atoms with van der Waals surface area (Å²) in [5.41, 5.74) is 0.588. The zero-order valence-corrected chi connectivity index (χ0v) is 19.8. The van der Waals surface area contributed by atoms with Gasteiger partial charge in [-0.2, -0.15) is 8.78 Å². The first-order valence-corrected chi connectivity index (χ1v) is 9.10. The number of hydrogen-bond acceptors (Lipinski definition) is 4. The van der Waals surface area contributed by atoms with Crippen LogP contribution in [0.25, 0.3) is 0 Å². The first kappa shape index (κ1) is 26.6. The summed E-state index contributed by atoms with van der Waals surface area (Å²) < 4.78 is 35.0. The van der Waals surface area contributed by atoms with Crippen LogP contribution < -0.4 is 20.1 Å². The Hall–Kier alpha value is -1.36. The summed E-state index contributed by atoms with van der Waals surface area (Å²) in [7, 11) is 3.14. The van der Waals surface area contributed by atoms with E-state index in [2.05, 4.69) is 53.0 Å². The SMILES string of the molecule is CN=C(NCCN(C(C)C)C(C)C)NCc1ccc(OC)cc1OC(F)F.I. The van der Waals surface area contributed by atoms with Crippen LogP contribution in [-0.2, 0) is 6.54 Å². The summed E-state index contributed by atoms with van der Waals surface area (Å²) in [5.74, 6) is 1.14. The van der Waals surface area contributed by atoms with Gasteiger partial charge in [-0.15, -0.1) is 24.0 Å². The molecule has 162 valence electrons. The minimum Gasteiger partial charge on any atom is -0.497 e. The van der Waals surface area contributed by atoms with Crippen LogP contribution in [0.15, 0.2) is 23.2 Å². The molecule has 0 atom stereocenters. The summed E-state index contributed by atoms with van der Waals surface area (Å²) in [4.78, 5) is 6.55. The maximum atomic E-state index is 12.6. The average molecular weight is 514 g/mol. The van der Waals surface area contributed by atoms with Crippen molar-refractivity contribution in [3.8, 4) is 11.5 Å². The molecule has 0 unspecified atom stereocenters. The number of rotatable bonds is 10. The van der Waals surface area contributed by atoms with Gasteiger partial charge in [-0.3, -0.25) is 9.89 Å². The summed E-state index contributed by atoms with van der Waals surface area (Å²) >= 11 is 0. The van der Waals surface area contributed by atoms with Gasteiger partial charge in [-0.25, -0.2) is 0 Å². The molecule has 1 aromatic rings. The molecule has 28 heavy (non-hydrogen) atoms. The number of methoxy groups -OCH3 is 1. The lowest BCUT2D eigenvalue weighted by molar-refractivity contribution is -0.0505. The minimum absolute atomic E-state index is 0. The van der Waals surface area contributed by atoms with Gasteiger partial charge in [0.05, 0.1) is 7.11 Å². The lowest BCUT2D eigenvalue weighted by atomic mass is 10.2. The van der Waals surface area contributed by atoms with Gasteiger partial charge in [0.2, 0.25) is 0 Å². The number of aliphatic imine (C=N–C) groups is 1. The van der Waals surface area contributed by atoms with E-state index in [4.69, 9.17) is 4.74 Å². The van der Waals surface area contributed by atoms with Crippen molar-refractivity contribution in [3.63, 3.8) is 0 Å². The molecule has 0 fully saturated rings. The molecule has 0 heterocycles. The van der Waals surface area contributed by atoms with E-state index in [-0.39, 0.29) is 29.7 Å². The Morgan fingerprint density at radius 2 is 1.79 bits per heavy atom. The standard InChI is InChI=1S/C19H32F2N4O2.HI/c1-13(2)25(14(3)4)10-9-23-19(22-5)24-12-15-7-8-16(26-6)11-17(15)27-18(20)21;/h7-8,11,13-14,18H,9-10,12H2,1-6H3,(H2,22,23,24);1H. The number of guanidine groups is 1. The van der Waals surface area contributed by atoms with Gasteiger partial charge in [0.1, 0.15) is 11.5 Å². The number of hydrogen-bond donors (Lipinski definition) is 2. The fourth-order valence-corrected chi connectivity index (χ4v) is 2.83. The maximum absolute atomic E-state index is 12.6. The molecule has 6 nitrogen and oxygen atoms in total. The molecule has 0 radical (unpaired) electrons. The quantitative estimate of drug-likeness (QED) is 0.284. The number of nitrogens with zero attached hydrogens (tertiary/aromatic N) is 2. The summed E-state index contributed by atoms with van der Waals surface area (Å²) in [6, 6.07) is 5.75. The summed E-state index contributed by atoms with van der Waals surface area (Å²) in [5, 5.41) is 6.37. The number of alkyl halides is 2. The lowest BCUT2D eigenvalue weighted by Gasteiger charge is -2.30. The van der Waals surface area contributed by atoms with Crippen molar-refractivity contribution in [2.75, 3.05) is 27.2 Å². The third-order valence-corrected chi connectivity index (χ3v) is 4.15. The van der Waals surface area contributed by atoms with E-state index in [1.54, 1.807) is 19.2 Å². The van der Waals surface area contributed by atoms with Crippen LogP contribution in [-0.4, -0.2) is 56.8 Å². The van der Waals surface area contributed by atoms with E-state index in [1.165, 1.54) is 13.2 Å². The van der Waals surface area contributed by atoms with Crippen molar-refractivity contribution < 1.29 is 18.3 Å². The molecule has 0 spiro atoms. The molecular weight excluding hydrogens is 481 g/mol. The van der Waals surface area contributed by atoms with Gasteiger partial charge >= 0.3 is 6.61 Å². The topological polar surface area (TPSA) is 58.1 Å². The number of ether oxygens (including phenoxy) is 2. The van der Waals surface area contributed by atoms with Crippen molar-refractivity contribution in [2.24, 2.45) is 4.99 Å². The first-order chi connectivity index (χ1) is 12.8. The van der Waals surface area contributed by atoms with Crippen molar-refractivity contribution in [1.29, 1.82) is 0 Å².